The van der Waals surface area contributed by atoms with Gasteiger partial charge in [-0.2, -0.15) is 0 Å². The quantitative estimate of drug-likeness (QED) is 0.874. The highest BCUT2D eigenvalue weighted by atomic mass is 16.5. The van der Waals surface area contributed by atoms with Crippen LogP contribution in [0.2, 0.25) is 0 Å². The number of phenolic OH excluding ortho intramolecular Hbond substituents is 1. The number of benzene rings is 1. The Labute approximate surface area is 103 Å². The number of phenols is 1. The summed E-state index contributed by atoms with van der Waals surface area (Å²) < 4.78 is 5.88. The minimum atomic E-state index is 0.266. The molecule has 0 atom stereocenters. The molecule has 1 aromatic rings. The molecule has 1 aliphatic heterocycles. The fraction of sp³-hybridized carbons (Fsp3) is 0.571. The van der Waals surface area contributed by atoms with E-state index in [1.165, 1.54) is 0 Å². The van der Waals surface area contributed by atoms with E-state index in [1.807, 2.05) is 12.1 Å². The molecular formula is C14H21NO2. The summed E-state index contributed by atoms with van der Waals surface area (Å²) in [6.45, 7) is 6.66. The standard InChI is InChI=1S/C14H21NO2/c1-11(2)15-8-6-13(7-9-15)17-14-5-3-4-12(16)10-14/h3-5,10-11,13,16H,6-9H2,1-2H3. The summed E-state index contributed by atoms with van der Waals surface area (Å²) in [7, 11) is 0. The number of ether oxygens (including phenoxy) is 1. The molecule has 94 valence electrons. The predicted octanol–water partition coefficient (Wildman–Crippen LogP) is 2.64. The number of hydrogen-bond acceptors (Lipinski definition) is 3. The van der Waals surface area contributed by atoms with E-state index in [0.717, 1.165) is 31.7 Å². The first-order valence-corrected chi connectivity index (χ1v) is 6.35. The third kappa shape index (κ3) is 3.37. The molecule has 3 nitrogen and oxygen atoms in total. The smallest absolute Gasteiger partial charge is 0.123 e. The van der Waals surface area contributed by atoms with E-state index in [2.05, 4.69) is 18.7 Å². The fourth-order valence-electron chi connectivity index (χ4n) is 2.26. The molecule has 2 rings (SSSR count). The molecule has 1 N–H and O–H groups in total. The van der Waals surface area contributed by atoms with Crippen LogP contribution in [0, 0.1) is 0 Å². The molecule has 1 heterocycles. The van der Waals surface area contributed by atoms with Crippen molar-refractivity contribution in [3.05, 3.63) is 24.3 Å². The Balaban J connectivity index is 1.86. The summed E-state index contributed by atoms with van der Waals surface area (Å²) >= 11 is 0. The third-order valence-electron chi connectivity index (χ3n) is 3.33. The SMILES string of the molecule is CC(C)N1CCC(Oc2cccc(O)c2)CC1. The van der Waals surface area contributed by atoms with Gasteiger partial charge in [-0.15, -0.1) is 0 Å². The van der Waals surface area contributed by atoms with E-state index in [1.54, 1.807) is 12.1 Å². The van der Waals surface area contributed by atoms with Gasteiger partial charge in [-0.1, -0.05) is 6.07 Å². The molecule has 1 saturated heterocycles. The van der Waals surface area contributed by atoms with Gasteiger partial charge in [0.25, 0.3) is 0 Å². The average Bonchev–Trinajstić information content (AvgIpc) is 2.29. The molecular weight excluding hydrogens is 214 g/mol. The number of likely N-dealkylation sites (tertiary alicyclic amines) is 1. The lowest BCUT2D eigenvalue weighted by atomic mass is 10.1. The van der Waals surface area contributed by atoms with Gasteiger partial charge in [0.15, 0.2) is 0 Å². The Hall–Kier alpha value is -1.22. The Morgan fingerprint density at radius 1 is 1.29 bits per heavy atom. The first-order valence-electron chi connectivity index (χ1n) is 6.35. The van der Waals surface area contributed by atoms with Crippen molar-refractivity contribution in [2.24, 2.45) is 0 Å². The van der Waals surface area contributed by atoms with Crippen LogP contribution < -0.4 is 4.74 Å². The second-order valence-electron chi connectivity index (χ2n) is 4.94. The van der Waals surface area contributed by atoms with Crippen LogP contribution in [0.25, 0.3) is 0 Å². The van der Waals surface area contributed by atoms with Crippen molar-refractivity contribution in [3.8, 4) is 11.5 Å². The Morgan fingerprint density at radius 2 is 2.00 bits per heavy atom. The van der Waals surface area contributed by atoms with E-state index in [4.69, 9.17) is 4.74 Å². The highest BCUT2D eigenvalue weighted by Crippen LogP contribution is 2.22. The summed E-state index contributed by atoms with van der Waals surface area (Å²) in [6.07, 6.45) is 2.41. The highest BCUT2D eigenvalue weighted by molar-refractivity contribution is 5.31. The molecule has 0 radical (unpaired) electrons. The highest BCUT2D eigenvalue weighted by Gasteiger charge is 2.21. The summed E-state index contributed by atoms with van der Waals surface area (Å²) in [5.41, 5.74) is 0. The van der Waals surface area contributed by atoms with E-state index >= 15 is 0 Å². The minimum Gasteiger partial charge on any atom is -0.508 e. The Kier molecular flexibility index (Phi) is 3.89. The van der Waals surface area contributed by atoms with Crippen molar-refractivity contribution in [1.29, 1.82) is 0 Å². The summed E-state index contributed by atoms with van der Waals surface area (Å²) in [5.74, 6) is 1.04. The van der Waals surface area contributed by atoms with Crippen LogP contribution in [0.4, 0.5) is 0 Å². The molecule has 3 heteroatoms. The van der Waals surface area contributed by atoms with E-state index in [9.17, 15) is 5.11 Å². The molecule has 0 spiro atoms. The molecule has 1 aromatic carbocycles. The van der Waals surface area contributed by atoms with Crippen LogP contribution in [0.15, 0.2) is 24.3 Å². The van der Waals surface area contributed by atoms with Gasteiger partial charge in [0.1, 0.15) is 17.6 Å². The van der Waals surface area contributed by atoms with Crippen molar-refractivity contribution in [2.75, 3.05) is 13.1 Å². The number of rotatable bonds is 3. The van der Waals surface area contributed by atoms with Gasteiger partial charge in [0, 0.05) is 25.2 Å². The molecule has 0 aromatic heterocycles. The van der Waals surface area contributed by atoms with E-state index in [0.29, 0.717) is 6.04 Å². The lowest BCUT2D eigenvalue weighted by Crippen LogP contribution is -2.41. The molecule has 0 amide bonds. The summed E-state index contributed by atoms with van der Waals surface area (Å²) in [6, 6.07) is 7.67. The molecule has 0 unspecified atom stereocenters. The summed E-state index contributed by atoms with van der Waals surface area (Å²) in [4.78, 5) is 2.47. The van der Waals surface area contributed by atoms with Gasteiger partial charge in [-0.05, 0) is 38.8 Å². The lowest BCUT2D eigenvalue weighted by Gasteiger charge is -2.34. The maximum atomic E-state index is 9.37. The van der Waals surface area contributed by atoms with Gasteiger partial charge < -0.3 is 14.7 Å². The Morgan fingerprint density at radius 3 is 2.59 bits per heavy atom. The second-order valence-corrected chi connectivity index (χ2v) is 4.94. The first kappa shape index (κ1) is 12.2. The molecule has 1 aliphatic rings. The van der Waals surface area contributed by atoms with E-state index in [-0.39, 0.29) is 11.9 Å². The average molecular weight is 235 g/mol. The van der Waals surface area contributed by atoms with Crippen LogP contribution >= 0.6 is 0 Å². The molecule has 0 saturated carbocycles. The molecule has 1 fully saturated rings. The number of nitrogens with zero attached hydrogens (tertiary/aromatic N) is 1. The van der Waals surface area contributed by atoms with Gasteiger partial charge in [-0.25, -0.2) is 0 Å². The lowest BCUT2D eigenvalue weighted by molar-refractivity contribution is 0.0842. The zero-order chi connectivity index (χ0) is 12.3. The van der Waals surface area contributed by atoms with Crippen molar-refractivity contribution < 1.29 is 9.84 Å². The summed E-state index contributed by atoms with van der Waals surface area (Å²) in [5, 5.41) is 9.37. The number of aromatic hydroxyl groups is 1. The maximum Gasteiger partial charge on any atom is 0.123 e. The number of hydrogen-bond donors (Lipinski definition) is 1. The van der Waals surface area contributed by atoms with Gasteiger partial charge in [0.05, 0.1) is 0 Å². The minimum absolute atomic E-state index is 0.266. The molecule has 0 aliphatic carbocycles. The van der Waals surface area contributed by atoms with Crippen molar-refractivity contribution in [1.82, 2.24) is 4.90 Å². The monoisotopic (exact) mass is 235 g/mol. The third-order valence-corrected chi connectivity index (χ3v) is 3.33. The zero-order valence-electron chi connectivity index (χ0n) is 10.6. The van der Waals surface area contributed by atoms with Crippen molar-refractivity contribution in [3.63, 3.8) is 0 Å². The normalized spacial score (nSPS) is 18.5. The largest absolute Gasteiger partial charge is 0.508 e. The van der Waals surface area contributed by atoms with Crippen molar-refractivity contribution in [2.45, 2.75) is 38.8 Å². The van der Waals surface area contributed by atoms with Crippen LogP contribution in [0.3, 0.4) is 0 Å². The topological polar surface area (TPSA) is 32.7 Å². The zero-order valence-corrected chi connectivity index (χ0v) is 10.6. The second kappa shape index (κ2) is 5.41. The van der Waals surface area contributed by atoms with Crippen molar-refractivity contribution >= 4 is 0 Å². The van der Waals surface area contributed by atoms with Crippen LogP contribution in [0.5, 0.6) is 11.5 Å². The van der Waals surface area contributed by atoms with E-state index < -0.39 is 0 Å². The van der Waals surface area contributed by atoms with Crippen LogP contribution in [0.1, 0.15) is 26.7 Å². The van der Waals surface area contributed by atoms with Crippen LogP contribution in [-0.2, 0) is 0 Å². The molecule has 17 heavy (non-hydrogen) atoms. The predicted molar refractivity (Wildman–Crippen MR) is 68.5 cm³/mol. The maximum absolute atomic E-state index is 9.37. The van der Waals surface area contributed by atoms with Gasteiger partial charge in [-0.3, -0.25) is 0 Å². The Bertz CT molecular complexity index is 357. The van der Waals surface area contributed by atoms with Gasteiger partial charge >= 0.3 is 0 Å². The fourth-order valence-corrected chi connectivity index (χ4v) is 2.26. The van der Waals surface area contributed by atoms with Gasteiger partial charge in [0.2, 0.25) is 0 Å². The first-order chi connectivity index (χ1) is 8.15. The molecule has 0 bridgehead atoms. The number of piperidine rings is 1. The van der Waals surface area contributed by atoms with Crippen LogP contribution in [-0.4, -0.2) is 35.2 Å².